The third kappa shape index (κ3) is 3.29. The molecule has 0 spiro atoms. The van der Waals surface area contributed by atoms with Crippen LogP contribution in [0.5, 0.6) is 0 Å². The van der Waals surface area contributed by atoms with Gasteiger partial charge in [-0.1, -0.05) is 6.92 Å². The third-order valence-corrected chi connectivity index (χ3v) is 5.10. The van der Waals surface area contributed by atoms with E-state index < -0.39 is 0 Å². The summed E-state index contributed by atoms with van der Waals surface area (Å²) in [5.74, 6) is 1.15. The van der Waals surface area contributed by atoms with Gasteiger partial charge < -0.3 is 10.2 Å². The van der Waals surface area contributed by atoms with Gasteiger partial charge in [-0.25, -0.2) is 0 Å². The SMILES string of the molecule is CC1CCN(C(=O)CN2CCC3CCC(C2)N3)CC1. The number of amides is 1. The first-order valence-corrected chi connectivity index (χ1v) is 7.97. The van der Waals surface area contributed by atoms with E-state index in [-0.39, 0.29) is 0 Å². The minimum Gasteiger partial charge on any atom is -0.342 e. The highest BCUT2D eigenvalue weighted by molar-refractivity contribution is 5.78. The fourth-order valence-corrected chi connectivity index (χ4v) is 3.71. The topological polar surface area (TPSA) is 35.6 Å². The number of nitrogens with zero attached hydrogens (tertiary/aromatic N) is 2. The number of piperidine rings is 1. The zero-order chi connectivity index (χ0) is 13.2. The van der Waals surface area contributed by atoms with Crippen molar-refractivity contribution in [1.82, 2.24) is 15.1 Å². The van der Waals surface area contributed by atoms with Gasteiger partial charge in [-0.3, -0.25) is 9.69 Å². The minimum absolute atomic E-state index is 0.352. The lowest BCUT2D eigenvalue weighted by molar-refractivity contribution is -0.133. The molecule has 108 valence electrons. The van der Waals surface area contributed by atoms with Crippen LogP contribution >= 0.6 is 0 Å². The van der Waals surface area contributed by atoms with E-state index in [0.717, 1.165) is 32.1 Å². The van der Waals surface area contributed by atoms with E-state index in [9.17, 15) is 4.79 Å². The van der Waals surface area contributed by atoms with Gasteiger partial charge in [0.1, 0.15) is 0 Å². The van der Waals surface area contributed by atoms with Crippen LogP contribution in [0.1, 0.15) is 39.0 Å². The Morgan fingerprint density at radius 3 is 2.58 bits per heavy atom. The molecule has 0 aromatic heterocycles. The van der Waals surface area contributed by atoms with Gasteiger partial charge in [0.05, 0.1) is 6.54 Å². The number of hydrogen-bond acceptors (Lipinski definition) is 3. The maximum atomic E-state index is 12.4. The highest BCUT2D eigenvalue weighted by Crippen LogP contribution is 2.21. The van der Waals surface area contributed by atoms with Gasteiger partial charge >= 0.3 is 0 Å². The number of carbonyl (C=O) groups excluding carboxylic acids is 1. The van der Waals surface area contributed by atoms with Crippen molar-refractivity contribution in [3.05, 3.63) is 0 Å². The van der Waals surface area contributed by atoms with E-state index in [1.807, 2.05) is 0 Å². The van der Waals surface area contributed by atoms with Gasteiger partial charge in [0, 0.05) is 38.3 Å². The smallest absolute Gasteiger partial charge is 0.236 e. The summed E-state index contributed by atoms with van der Waals surface area (Å²) in [5, 5.41) is 3.67. The van der Waals surface area contributed by atoms with Crippen molar-refractivity contribution >= 4 is 5.91 Å². The Balaban J connectivity index is 1.49. The summed E-state index contributed by atoms with van der Waals surface area (Å²) < 4.78 is 0. The molecule has 1 amide bonds. The maximum absolute atomic E-state index is 12.4. The van der Waals surface area contributed by atoms with Crippen LogP contribution < -0.4 is 5.32 Å². The van der Waals surface area contributed by atoms with Crippen molar-refractivity contribution in [2.75, 3.05) is 32.7 Å². The van der Waals surface area contributed by atoms with E-state index >= 15 is 0 Å². The highest BCUT2D eigenvalue weighted by Gasteiger charge is 2.30. The van der Waals surface area contributed by atoms with Gasteiger partial charge in [-0.05, 0) is 38.0 Å². The van der Waals surface area contributed by atoms with Crippen LogP contribution in [-0.4, -0.2) is 60.5 Å². The maximum Gasteiger partial charge on any atom is 0.236 e. The molecule has 19 heavy (non-hydrogen) atoms. The zero-order valence-corrected chi connectivity index (χ0v) is 12.1. The largest absolute Gasteiger partial charge is 0.342 e. The quantitative estimate of drug-likeness (QED) is 0.811. The first-order valence-electron chi connectivity index (χ1n) is 7.97. The molecule has 4 heteroatoms. The van der Waals surface area contributed by atoms with E-state index in [0.29, 0.717) is 24.5 Å². The Hall–Kier alpha value is -0.610. The predicted octanol–water partition coefficient (Wildman–Crippen LogP) is 1.07. The van der Waals surface area contributed by atoms with Crippen molar-refractivity contribution in [2.24, 2.45) is 5.92 Å². The van der Waals surface area contributed by atoms with E-state index in [1.165, 1.54) is 32.1 Å². The summed E-state index contributed by atoms with van der Waals surface area (Å²) in [5.41, 5.74) is 0. The Kier molecular flexibility index (Phi) is 4.08. The molecule has 4 nitrogen and oxygen atoms in total. The van der Waals surface area contributed by atoms with Gasteiger partial charge in [0.25, 0.3) is 0 Å². The normalized spacial score (nSPS) is 33.4. The molecule has 2 bridgehead atoms. The molecular weight excluding hydrogens is 238 g/mol. The monoisotopic (exact) mass is 265 g/mol. The van der Waals surface area contributed by atoms with E-state index in [1.54, 1.807) is 0 Å². The summed E-state index contributed by atoms with van der Waals surface area (Å²) in [7, 11) is 0. The molecule has 0 saturated carbocycles. The molecule has 1 N–H and O–H groups in total. The van der Waals surface area contributed by atoms with Crippen LogP contribution in [0.4, 0.5) is 0 Å². The fourth-order valence-electron chi connectivity index (χ4n) is 3.71. The minimum atomic E-state index is 0.352. The number of fused-ring (bicyclic) bond motifs is 2. The average Bonchev–Trinajstić information content (AvgIpc) is 2.73. The molecule has 3 heterocycles. The van der Waals surface area contributed by atoms with Gasteiger partial charge in [0.2, 0.25) is 5.91 Å². The number of rotatable bonds is 2. The first kappa shape index (κ1) is 13.4. The second-order valence-corrected chi connectivity index (χ2v) is 6.72. The standard InChI is InChI=1S/C15H27N3O/c1-12-4-8-18(9-5-12)15(19)11-17-7-6-13-2-3-14(10-17)16-13/h12-14,16H,2-11H2,1H3. The molecule has 3 aliphatic rings. The Morgan fingerprint density at radius 1 is 1.05 bits per heavy atom. The van der Waals surface area contributed by atoms with Crippen molar-refractivity contribution < 1.29 is 4.79 Å². The van der Waals surface area contributed by atoms with Gasteiger partial charge in [0.15, 0.2) is 0 Å². The second kappa shape index (κ2) is 5.80. The predicted molar refractivity (Wildman–Crippen MR) is 76.0 cm³/mol. The highest BCUT2D eigenvalue weighted by atomic mass is 16.2. The molecule has 0 aromatic carbocycles. The molecule has 3 saturated heterocycles. The van der Waals surface area contributed by atoms with Crippen LogP contribution in [0, 0.1) is 5.92 Å². The molecule has 2 unspecified atom stereocenters. The van der Waals surface area contributed by atoms with Gasteiger partial charge in [-0.15, -0.1) is 0 Å². The van der Waals surface area contributed by atoms with Crippen LogP contribution in [0.25, 0.3) is 0 Å². The molecule has 0 aromatic rings. The van der Waals surface area contributed by atoms with Crippen LogP contribution in [-0.2, 0) is 4.79 Å². The van der Waals surface area contributed by atoms with E-state index in [4.69, 9.17) is 0 Å². The van der Waals surface area contributed by atoms with Crippen molar-refractivity contribution in [3.63, 3.8) is 0 Å². The number of carbonyl (C=O) groups is 1. The van der Waals surface area contributed by atoms with Crippen LogP contribution in [0.2, 0.25) is 0 Å². The summed E-state index contributed by atoms with van der Waals surface area (Å²) in [6.45, 7) is 7.02. The van der Waals surface area contributed by atoms with Crippen molar-refractivity contribution in [3.8, 4) is 0 Å². The van der Waals surface area contributed by atoms with Crippen molar-refractivity contribution in [2.45, 2.75) is 51.1 Å². The number of hydrogen-bond donors (Lipinski definition) is 1. The van der Waals surface area contributed by atoms with E-state index in [2.05, 4.69) is 22.0 Å². The lowest BCUT2D eigenvalue weighted by atomic mass is 9.99. The van der Waals surface area contributed by atoms with Crippen LogP contribution in [0.3, 0.4) is 0 Å². The third-order valence-electron chi connectivity index (χ3n) is 5.10. The first-order chi connectivity index (χ1) is 9.20. The molecule has 3 rings (SSSR count). The van der Waals surface area contributed by atoms with Crippen molar-refractivity contribution in [1.29, 1.82) is 0 Å². The fraction of sp³-hybridized carbons (Fsp3) is 0.933. The number of nitrogens with one attached hydrogen (secondary N) is 1. The zero-order valence-electron chi connectivity index (χ0n) is 12.1. The average molecular weight is 265 g/mol. The van der Waals surface area contributed by atoms with Gasteiger partial charge in [-0.2, -0.15) is 0 Å². The molecular formula is C15H27N3O. The summed E-state index contributed by atoms with van der Waals surface area (Å²) >= 11 is 0. The Labute approximate surface area is 116 Å². The molecule has 3 fully saturated rings. The summed E-state index contributed by atoms with van der Waals surface area (Å²) in [4.78, 5) is 16.8. The Bertz CT molecular complexity index is 325. The molecule has 0 radical (unpaired) electrons. The Morgan fingerprint density at radius 2 is 1.79 bits per heavy atom. The molecule has 2 atom stereocenters. The van der Waals surface area contributed by atoms with Crippen LogP contribution in [0.15, 0.2) is 0 Å². The molecule has 3 aliphatic heterocycles. The summed E-state index contributed by atoms with van der Waals surface area (Å²) in [6, 6.07) is 1.34. The number of likely N-dealkylation sites (tertiary alicyclic amines) is 2. The lowest BCUT2D eigenvalue weighted by Crippen LogP contribution is -2.45. The summed E-state index contributed by atoms with van der Waals surface area (Å²) in [6.07, 6.45) is 6.18. The lowest BCUT2D eigenvalue weighted by Gasteiger charge is -2.32. The molecule has 0 aliphatic carbocycles. The second-order valence-electron chi connectivity index (χ2n) is 6.72.